The van der Waals surface area contributed by atoms with Gasteiger partial charge in [-0.15, -0.1) is 0 Å². The molecule has 5 nitrogen and oxygen atoms in total. The van der Waals surface area contributed by atoms with Crippen LogP contribution in [0.15, 0.2) is 18.2 Å². The monoisotopic (exact) mass is 252 g/mol. The molecule has 92 valence electrons. The number of primary amides is 1. The molecule has 0 fully saturated rings. The second kappa shape index (κ2) is 5.58. The van der Waals surface area contributed by atoms with Crippen molar-refractivity contribution in [3.8, 4) is 0 Å². The standard InChI is InChI=1S/C11H16N4OS/c1-6(2)9(10(12)16)15-8-5-3-4-7(14-8)11(13)17/h3-6,9H,1-2H3,(H2,12,16)(H2,13,17)(H,14,15). The molecule has 0 aliphatic rings. The minimum Gasteiger partial charge on any atom is -0.388 e. The summed E-state index contributed by atoms with van der Waals surface area (Å²) in [5.41, 5.74) is 11.3. The van der Waals surface area contributed by atoms with Crippen molar-refractivity contribution in [1.82, 2.24) is 4.98 Å². The Bertz CT molecular complexity index is 433. The van der Waals surface area contributed by atoms with Crippen LogP contribution in [0.1, 0.15) is 19.5 Å². The molecule has 1 aromatic rings. The quantitative estimate of drug-likeness (QED) is 0.668. The van der Waals surface area contributed by atoms with Crippen molar-refractivity contribution in [1.29, 1.82) is 0 Å². The van der Waals surface area contributed by atoms with Gasteiger partial charge >= 0.3 is 0 Å². The van der Waals surface area contributed by atoms with Crippen LogP contribution in [0.4, 0.5) is 5.82 Å². The number of nitrogens with one attached hydrogen (secondary N) is 1. The van der Waals surface area contributed by atoms with Gasteiger partial charge in [-0.05, 0) is 18.1 Å². The molecule has 0 aromatic carbocycles. The van der Waals surface area contributed by atoms with E-state index < -0.39 is 11.9 Å². The molecule has 1 amide bonds. The SMILES string of the molecule is CC(C)C(Nc1cccc(C(N)=S)n1)C(N)=O. The van der Waals surface area contributed by atoms with Crippen molar-refractivity contribution >= 4 is 28.9 Å². The molecule has 1 heterocycles. The second-order valence-electron chi connectivity index (χ2n) is 4.04. The summed E-state index contributed by atoms with van der Waals surface area (Å²) in [5, 5.41) is 2.97. The number of carbonyl (C=O) groups is 1. The number of hydrogen-bond acceptors (Lipinski definition) is 4. The minimum absolute atomic E-state index is 0.0720. The first-order valence-electron chi connectivity index (χ1n) is 5.24. The summed E-state index contributed by atoms with van der Waals surface area (Å²) in [6.07, 6.45) is 0. The van der Waals surface area contributed by atoms with Gasteiger partial charge in [0.2, 0.25) is 5.91 Å². The second-order valence-corrected chi connectivity index (χ2v) is 4.48. The van der Waals surface area contributed by atoms with Gasteiger partial charge in [0, 0.05) is 0 Å². The summed E-state index contributed by atoms with van der Waals surface area (Å²) in [5.74, 6) is 0.193. The minimum atomic E-state index is -0.468. The van der Waals surface area contributed by atoms with Crippen LogP contribution in [-0.2, 0) is 4.79 Å². The Hall–Kier alpha value is -1.69. The number of aromatic nitrogens is 1. The van der Waals surface area contributed by atoms with Crippen molar-refractivity contribution < 1.29 is 4.79 Å². The molecule has 6 heteroatoms. The molecule has 0 radical (unpaired) electrons. The average molecular weight is 252 g/mol. The Balaban J connectivity index is 2.90. The van der Waals surface area contributed by atoms with Gasteiger partial charge in [-0.3, -0.25) is 4.79 Å². The Morgan fingerprint density at radius 2 is 2.06 bits per heavy atom. The molecule has 1 atom stereocenters. The smallest absolute Gasteiger partial charge is 0.240 e. The molecule has 0 saturated heterocycles. The summed E-state index contributed by atoms with van der Waals surface area (Å²) in [7, 11) is 0. The van der Waals surface area contributed by atoms with E-state index in [0.29, 0.717) is 11.5 Å². The highest BCUT2D eigenvalue weighted by atomic mass is 32.1. The van der Waals surface area contributed by atoms with E-state index in [4.69, 9.17) is 23.7 Å². The number of amides is 1. The third-order valence-corrected chi connectivity index (χ3v) is 2.49. The number of hydrogen-bond donors (Lipinski definition) is 3. The van der Waals surface area contributed by atoms with E-state index in [0.717, 1.165) is 0 Å². The van der Waals surface area contributed by atoms with Crippen LogP contribution < -0.4 is 16.8 Å². The van der Waals surface area contributed by atoms with Crippen LogP contribution in [0.3, 0.4) is 0 Å². The van der Waals surface area contributed by atoms with E-state index >= 15 is 0 Å². The van der Waals surface area contributed by atoms with Gasteiger partial charge in [0.05, 0.1) is 5.69 Å². The normalized spacial score (nSPS) is 12.2. The molecule has 0 saturated carbocycles. The van der Waals surface area contributed by atoms with Crippen LogP contribution in [0.5, 0.6) is 0 Å². The van der Waals surface area contributed by atoms with Crippen molar-refractivity contribution in [3.63, 3.8) is 0 Å². The van der Waals surface area contributed by atoms with E-state index in [1.54, 1.807) is 18.2 Å². The lowest BCUT2D eigenvalue weighted by Gasteiger charge is -2.19. The molecule has 5 N–H and O–H groups in total. The largest absolute Gasteiger partial charge is 0.388 e. The maximum absolute atomic E-state index is 11.2. The van der Waals surface area contributed by atoms with Crippen LogP contribution in [0.2, 0.25) is 0 Å². The van der Waals surface area contributed by atoms with Gasteiger partial charge < -0.3 is 16.8 Å². The zero-order valence-electron chi connectivity index (χ0n) is 9.81. The number of thiocarbonyl (C=S) groups is 1. The number of nitrogens with zero attached hydrogens (tertiary/aromatic N) is 1. The van der Waals surface area contributed by atoms with Crippen LogP contribution in [0, 0.1) is 5.92 Å². The van der Waals surface area contributed by atoms with Crippen LogP contribution in [-0.4, -0.2) is 21.9 Å². The summed E-state index contributed by atoms with van der Waals surface area (Å²) in [6.45, 7) is 3.81. The summed E-state index contributed by atoms with van der Waals surface area (Å²) < 4.78 is 0. The molecular weight excluding hydrogens is 236 g/mol. The number of pyridine rings is 1. The van der Waals surface area contributed by atoms with Crippen molar-refractivity contribution in [2.24, 2.45) is 17.4 Å². The van der Waals surface area contributed by atoms with Crippen molar-refractivity contribution in [2.75, 3.05) is 5.32 Å². The van der Waals surface area contributed by atoms with Gasteiger partial charge in [0.15, 0.2) is 0 Å². The molecule has 1 rings (SSSR count). The van der Waals surface area contributed by atoms with E-state index in [9.17, 15) is 4.79 Å². The zero-order chi connectivity index (χ0) is 13.0. The highest BCUT2D eigenvalue weighted by Gasteiger charge is 2.19. The van der Waals surface area contributed by atoms with Crippen LogP contribution >= 0.6 is 12.2 Å². The molecular formula is C11H16N4OS. The first-order chi connectivity index (χ1) is 7.91. The number of anilines is 1. The van der Waals surface area contributed by atoms with Crippen LogP contribution in [0.25, 0.3) is 0 Å². The lowest BCUT2D eigenvalue weighted by molar-refractivity contribution is -0.119. The molecule has 0 spiro atoms. The Labute approximate surface area is 106 Å². The predicted octanol–water partition coefficient (Wildman–Crippen LogP) is 0.638. The van der Waals surface area contributed by atoms with E-state index in [1.165, 1.54) is 0 Å². The lowest BCUT2D eigenvalue weighted by atomic mass is 10.0. The summed E-state index contributed by atoms with van der Waals surface area (Å²) >= 11 is 4.83. The number of carbonyl (C=O) groups excluding carboxylic acids is 1. The Kier molecular flexibility index (Phi) is 4.39. The van der Waals surface area contributed by atoms with Gasteiger partial charge in [0.1, 0.15) is 16.8 Å². The fourth-order valence-corrected chi connectivity index (χ4v) is 1.49. The Morgan fingerprint density at radius 1 is 1.41 bits per heavy atom. The van der Waals surface area contributed by atoms with E-state index in [1.807, 2.05) is 13.8 Å². The van der Waals surface area contributed by atoms with E-state index in [-0.39, 0.29) is 10.9 Å². The zero-order valence-corrected chi connectivity index (χ0v) is 10.6. The van der Waals surface area contributed by atoms with Gasteiger partial charge in [-0.2, -0.15) is 0 Å². The first-order valence-corrected chi connectivity index (χ1v) is 5.65. The predicted molar refractivity (Wildman–Crippen MR) is 71.6 cm³/mol. The van der Waals surface area contributed by atoms with Gasteiger partial charge in [-0.1, -0.05) is 32.1 Å². The number of rotatable bonds is 5. The maximum Gasteiger partial charge on any atom is 0.240 e. The summed E-state index contributed by atoms with van der Waals surface area (Å²) in [6, 6.07) is 4.74. The molecule has 0 aliphatic carbocycles. The molecule has 0 aliphatic heterocycles. The van der Waals surface area contributed by atoms with Crippen molar-refractivity contribution in [2.45, 2.75) is 19.9 Å². The average Bonchev–Trinajstić information content (AvgIpc) is 2.25. The fourth-order valence-electron chi connectivity index (χ4n) is 1.38. The number of nitrogens with two attached hydrogens (primary N) is 2. The van der Waals surface area contributed by atoms with Crippen molar-refractivity contribution in [3.05, 3.63) is 23.9 Å². The third kappa shape index (κ3) is 3.67. The van der Waals surface area contributed by atoms with Gasteiger partial charge in [-0.25, -0.2) is 4.98 Å². The highest BCUT2D eigenvalue weighted by Crippen LogP contribution is 2.11. The molecule has 1 aromatic heterocycles. The fraction of sp³-hybridized carbons (Fsp3) is 0.364. The lowest BCUT2D eigenvalue weighted by Crippen LogP contribution is -2.39. The molecule has 17 heavy (non-hydrogen) atoms. The van der Waals surface area contributed by atoms with Gasteiger partial charge in [0.25, 0.3) is 0 Å². The maximum atomic E-state index is 11.2. The first kappa shape index (κ1) is 13.4. The Morgan fingerprint density at radius 3 is 2.53 bits per heavy atom. The third-order valence-electron chi connectivity index (χ3n) is 2.28. The summed E-state index contributed by atoms with van der Waals surface area (Å²) in [4.78, 5) is 15.7. The van der Waals surface area contributed by atoms with E-state index in [2.05, 4.69) is 10.3 Å². The molecule has 0 bridgehead atoms. The topological polar surface area (TPSA) is 94.0 Å². The highest BCUT2D eigenvalue weighted by molar-refractivity contribution is 7.80. The molecule has 1 unspecified atom stereocenters.